The van der Waals surface area contributed by atoms with E-state index in [0.29, 0.717) is 0 Å². The van der Waals surface area contributed by atoms with Crippen LogP contribution in [0.25, 0.3) is 0 Å². The highest BCUT2D eigenvalue weighted by Crippen LogP contribution is 2.22. The van der Waals surface area contributed by atoms with Gasteiger partial charge in [0.1, 0.15) is 5.82 Å². The van der Waals surface area contributed by atoms with Gasteiger partial charge in [-0.1, -0.05) is 12.5 Å². The summed E-state index contributed by atoms with van der Waals surface area (Å²) in [5.74, 6) is 1.03. The largest absolute Gasteiger partial charge is 0.303 e. The van der Waals surface area contributed by atoms with E-state index < -0.39 is 0 Å². The molecule has 0 radical (unpaired) electrons. The van der Waals surface area contributed by atoms with E-state index in [1.54, 1.807) is 0 Å². The van der Waals surface area contributed by atoms with E-state index >= 15 is 0 Å². The van der Waals surface area contributed by atoms with Crippen molar-refractivity contribution in [2.75, 3.05) is 18.5 Å². The second-order valence-electron chi connectivity index (χ2n) is 4.82. The van der Waals surface area contributed by atoms with Crippen LogP contribution in [0.2, 0.25) is 0 Å². The third kappa shape index (κ3) is 2.05. The van der Waals surface area contributed by atoms with Crippen LogP contribution in [0, 0.1) is 0 Å². The summed E-state index contributed by atoms with van der Waals surface area (Å²) in [7, 11) is 0. The quantitative estimate of drug-likeness (QED) is 0.824. The lowest BCUT2D eigenvalue weighted by Gasteiger charge is -2.27. The van der Waals surface area contributed by atoms with Crippen molar-refractivity contribution in [3.63, 3.8) is 0 Å². The first-order chi connectivity index (χ1) is 7.92. The summed E-state index contributed by atoms with van der Waals surface area (Å²) < 4.78 is 0. The Kier molecular flexibility index (Phi) is 2.79. The molecule has 1 fully saturated rings. The number of rotatable bonds is 2. The number of aromatic nitrogens is 1. The number of hydrazine groups is 1. The van der Waals surface area contributed by atoms with Crippen molar-refractivity contribution < 1.29 is 0 Å². The van der Waals surface area contributed by atoms with Gasteiger partial charge in [-0.15, -0.1) is 0 Å². The number of pyridine rings is 1. The minimum absolute atomic E-state index is 1.03. The van der Waals surface area contributed by atoms with Crippen LogP contribution in [0.1, 0.15) is 36.9 Å². The van der Waals surface area contributed by atoms with E-state index in [9.17, 15) is 0 Å². The van der Waals surface area contributed by atoms with E-state index in [1.165, 1.54) is 43.4 Å². The molecule has 0 amide bonds. The van der Waals surface area contributed by atoms with E-state index in [1.807, 2.05) is 0 Å². The molecule has 0 unspecified atom stereocenters. The van der Waals surface area contributed by atoms with Crippen LogP contribution in [0.5, 0.6) is 0 Å². The molecule has 1 aliphatic carbocycles. The van der Waals surface area contributed by atoms with E-state index in [0.717, 1.165) is 25.3 Å². The minimum atomic E-state index is 1.03. The molecular formula is C13H19N3. The molecule has 3 heteroatoms. The molecular weight excluding hydrogens is 198 g/mol. The SMILES string of the molecule is c1cc2c(nc1NN1CCCCC1)CCC2. The number of nitrogens with one attached hydrogen (secondary N) is 1. The normalized spacial score (nSPS) is 20.8. The van der Waals surface area contributed by atoms with Crippen LogP contribution in [0.4, 0.5) is 5.82 Å². The summed E-state index contributed by atoms with van der Waals surface area (Å²) in [6.45, 7) is 2.30. The average Bonchev–Trinajstić information content (AvgIpc) is 2.77. The summed E-state index contributed by atoms with van der Waals surface area (Å²) >= 11 is 0. The zero-order chi connectivity index (χ0) is 10.8. The van der Waals surface area contributed by atoms with Crippen molar-refractivity contribution in [1.82, 2.24) is 9.99 Å². The first-order valence-corrected chi connectivity index (χ1v) is 6.42. The van der Waals surface area contributed by atoms with Crippen molar-refractivity contribution in [2.45, 2.75) is 38.5 Å². The fraction of sp³-hybridized carbons (Fsp3) is 0.615. The predicted molar refractivity (Wildman–Crippen MR) is 65.3 cm³/mol. The first-order valence-electron chi connectivity index (χ1n) is 6.42. The highest BCUT2D eigenvalue weighted by molar-refractivity contribution is 5.39. The molecule has 0 spiro atoms. The summed E-state index contributed by atoms with van der Waals surface area (Å²) in [5, 5.41) is 2.30. The third-order valence-electron chi connectivity index (χ3n) is 3.56. The number of aryl methyl sites for hydroxylation is 2. The molecule has 1 saturated heterocycles. The van der Waals surface area contributed by atoms with Gasteiger partial charge in [0.25, 0.3) is 0 Å². The number of anilines is 1. The van der Waals surface area contributed by atoms with E-state index in [4.69, 9.17) is 4.98 Å². The topological polar surface area (TPSA) is 28.2 Å². The van der Waals surface area contributed by atoms with Crippen molar-refractivity contribution >= 4 is 5.82 Å². The van der Waals surface area contributed by atoms with Crippen LogP contribution in [-0.2, 0) is 12.8 Å². The number of piperidine rings is 1. The van der Waals surface area contributed by atoms with Gasteiger partial charge in [0.15, 0.2) is 0 Å². The van der Waals surface area contributed by atoms with Gasteiger partial charge in [-0.25, -0.2) is 9.99 Å². The Morgan fingerprint density at radius 3 is 2.75 bits per heavy atom. The summed E-state index contributed by atoms with van der Waals surface area (Å²) in [6, 6.07) is 4.36. The Hall–Kier alpha value is -1.09. The zero-order valence-electron chi connectivity index (χ0n) is 9.71. The molecule has 0 saturated carbocycles. The molecule has 1 aliphatic heterocycles. The second-order valence-corrected chi connectivity index (χ2v) is 4.82. The maximum Gasteiger partial charge on any atom is 0.140 e. The molecule has 1 aromatic rings. The summed E-state index contributed by atoms with van der Waals surface area (Å²) in [6.07, 6.45) is 7.62. The smallest absolute Gasteiger partial charge is 0.140 e. The van der Waals surface area contributed by atoms with Gasteiger partial charge in [-0.3, -0.25) is 0 Å². The van der Waals surface area contributed by atoms with Gasteiger partial charge in [0.05, 0.1) is 0 Å². The lowest BCUT2D eigenvalue weighted by Crippen LogP contribution is -2.35. The summed E-state index contributed by atoms with van der Waals surface area (Å²) in [4.78, 5) is 4.69. The monoisotopic (exact) mass is 217 g/mol. The Bertz CT molecular complexity index is 369. The fourth-order valence-electron chi connectivity index (χ4n) is 2.65. The number of hydrogen-bond donors (Lipinski definition) is 1. The minimum Gasteiger partial charge on any atom is -0.303 e. The molecule has 1 aromatic heterocycles. The van der Waals surface area contributed by atoms with Gasteiger partial charge in [0, 0.05) is 18.8 Å². The Balaban J connectivity index is 1.69. The molecule has 86 valence electrons. The van der Waals surface area contributed by atoms with Crippen LogP contribution in [0.3, 0.4) is 0 Å². The zero-order valence-corrected chi connectivity index (χ0v) is 9.71. The molecule has 3 rings (SSSR count). The number of fused-ring (bicyclic) bond motifs is 1. The first kappa shape index (κ1) is 10.1. The predicted octanol–water partition coefficient (Wildman–Crippen LogP) is 2.38. The van der Waals surface area contributed by atoms with Crippen molar-refractivity contribution in [2.24, 2.45) is 0 Å². The van der Waals surface area contributed by atoms with Gasteiger partial charge < -0.3 is 5.43 Å². The Morgan fingerprint density at radius 1 is 1.00 bits per heavy atom. The lowest BCUT2D eigenvalue weighted by atomic mass is 10.2. The van der Waals surface area contributed by atoms with Crippen LogP contribution >= 0.6 is 0 Å². The Labute approximate surface area is 96.8 Å². The molecule has 0 bridgehead atoms. The standard InChI is InChI=1S/C13H19N3/c1-2-9-16(10-3-1)15-13-8-7-11-5-4-6-12(11)14-13/h7-8H,1-6,9-10H2,(H,14,15). The van der Waals surface area contributed by atoms with Gasteiger partial charge in [-0.2, -0.15) is 0 Å². The van der Waals surface area contributed by atoms with Crippen LogP contribution in [-0.4, -0.2) is 23.1 Å². The Morgan fingerprint density at radius 2 is 1.88 bits per heavy atom. The average molecular weight is 217 g/mol. The maximum absolute atomic E-state index is 4.69. The number of nitrogens with zero attached hydrogens (tertiary/aromatic N) is 2. The van der Waals surface area contributed by atoms with Gasteiger partial charge >= 0.3 is 0 Å². The van der Waals surface area contributed by atoms with E-state index in [2.05, 4.69) is 22.6 Å². The van der Waals surface area contributed by atoms with Crippen molar-refractivity contribution in [1.29, 1.82) is 0 Å². The van der Waals surface area contributed by atoms with Crippen molar-refractivity contribution in [3.05, 3.63) is 23.4 Å². The molecule has 2 aliphatic rings. The van der Waals surface area contributed by atoms with Crippen LogP contribution < -0.4 is 5.43 Å². The molecule has 3 nitrogen and oxygen atoms in total. The lowest BCUT2D eigenvalue weighted by molar-refractivity contribution is 0.272. The van der Waals surface area contributed by atoms with Crippen molar-refractivity contribution in [3.8, 4) is 0 Å². The van der Waals surface area contributed by atoms with Gasteiger partial charge in [0.2, 0.25) is 0 Å². The molecule has 16 heavy (non-hydrogen) atoms. The summed E-state index contributed by atoms with van der Waals surface area (Å²) in [5.41, 5.74) is 6.19. The molecule has 0 atom stereocenters. The maximum atomic E-state index is 4.69. The highest BCUT2D eigenvalue weighted by Gasteiger charge is 2.14. The molecule has 2 heterocycles. The van der Waals surface area contributed by atoms with Crippen LogP contribution in [0.15, 0.2) is 12.1 Å². The fourth-order valence-corrected chi connectivity index (χ4v) is 2.65. The number of hydrogen-bond acceptors (Lipinski definition) is 3. The third-order valence-corrected chi connectivity index (χ3v) is 3.56. The highest BCUT2D eigenvalue weighted by atomic mass is 15.5. The molecule has 0 aromatic carbocycles. The molecule has 1 N–H and O–H groups in total. The van der Waals surface area contributed by atoms with Gasteiger partial charge in [-0.05, 0) is 43.7 Å². The second kappa shape index (κ2) is 4.42. The van der Waals surface area contributed by atoms with E-state index in [-0.39, 0.29) is 0 Å².